The monoisotopic (exact) mass is 252 g/mol. The Labute approximate surface area is 109 Å². The summed E-state index contributed by atoms with van der Waals surface area (Å²) in [5.41, 5.74) is 1.35. The van der Waals surface area contributed by atoms with Gasteiger partial charge in [-0.05, 0) is 63.0 Å². The number of benzene rings is 1. The second-order valence-electron chi connectivity index (χ2n) is 4.71. The van der Waals surface area contributed by atoms with E-state index in [1.807, 2.05) is 12.1 Å². The van der Waals surface area contributed by atoms with Gasteiger partial charge in [0.25, 0.3) is 0 Å². The number of halogens is 1. The maximum Gasteiger partial charge on any atom is 0.0406 e. The van der Waals surface area contributed by atoms with Crippen molar-refractivity contribution in [3.8, 4) is 0 Å². The van der Waals surface area contributed by atoms with Crippen LogP contribution >= 0.6 is 11.6 Å². The maximum absolute atomic E-state index is 5.85. The van der Waals surface area contributed by atoms with Gasteiger partial charge in [-0.2, -0.15) is 0 Å². The van der Waals surface area contributed by atoms with Crippen LogP contribution in [0, 0.1) is 0 Å². The number of rotatable bonds is 6. The zero-order chi connectivity index (χ0) is 11.9. The second kappa shape index (κ2) is 7.00. The molecular formula is C14H21ClN2. The summed E-state index contributed by atoms with van der Waals surface area (Å²) in [5, 5.41) is 7.83. The third-order valence-electron chi connectivity index (χ3n) is 3.34. The average Bonchev–Trinajstić information content (AvgIpc) is 2.84. The van der Waals surface area contributed by atoms with Crippen molar-refractivity contribution in [2.75, 3.05) is 19.6 Å². The highest BCUT2D eigenvalue weighted by atomic mass is 35.5. The number of hydrogen-bond acceptors (Lipinski definition) is 2. The standard InChI is InChI=1S/C14H21ClN2/c15-13-5-3-12(4-6-13)7-10-16-11-8-14-2-1-9-17-14/h3-6,14,16-17H,1-2,7-11H2. The predicted molar refractivity (Wildman–Crippen MR) is 73.7 cm³/mol. The van der Waals surface area contributed by atoms with E-state index >= 15 is 0 Å². The molecule has 1 aliphatic heterocycles. The van der Waals surface area contributed by atoms with Crippen LogP contribution in [0.1, 0.15) is 24.8 Å². The third-order valence-corrected chi connectivity index (χ3v) is 3.59. The molecule has 2 N–H and O–H groups in total. The summed E-state index contributed by atoms with van der Waals surface area (Å²) in [6.45, 7) is 3.37. The molecule has 0 saturated carbocycles. The zero-order valence-corrected chi connectivity index (χ0v) is 11.0. The molecule has 1 heterocycles. The fourth-order valence-electron chi connectivity index (χ4n) is 2.29. The lowest BCUT2D eigenvalue weighted by atomic mass is 10.1. The van der Waals surface area contributed by atoms with E-state index in [1.54, 1.807) is 0 Å². The molecule has 1 aromatic carbocycles. The van der Waals surface area contributed by atoms with Crippen molar-refractivity contribution >= 4 is 11.6 Å². The minimum atomic E-state index is 0.748. The van der Waals surface area contributed by atoms with Gasteiger partial charge >= 0.3 is 0 Å². The Bertz CT molecular complexity index is 317. The van der Waals surface area contributed by atoms with Gasteiger partial charge in [0.05, 0.1) is 0 Å². The first kappa shape index (κ1) is 12.9. The Hall–Kier alpha value is -0.570. The average molecular weight is 253 g/mol. The van der Waals surface area contributed by atoms with Crippen molar-refractivity contribution in [1.82, 2.24) is 10.6 Å². The summed E-state index contributed by atoms with van der Waals surface area (Å²) >= 11 is 5.85. The van der Waals surface area contributed by atoms with Crippen LogP contribution in [0.4, 0.5) is 0 Å². The summed E-state index contributed by atoms with van der Waals surface area (Å²) in [4.78, 5) is 0. The second-order valence-corrected chi connectivity index (χ2v) is 5.14. The van der Waals surface area contributed by atoms with E-state index < -0.39 is 0 Å². The van der Waals surface area contributed by atoms with E-state index in [0.29, 0.717) is 0 Å². The lowest BCUT2D eigenvalue weighted by Crippen LogP contribution is -2.28. The third kappa shape index (κ3) is 4.66. The Morgan fingerprint density at radius 2 is 2.06 bits per heavy atom. The van der Waals surface area contributed by atoms with E-state index in [-0.39, 0.29) is 0 Å². The molecule has 1 fully saturated rings. The van der Waals surface area contributed by atoms with Crippen molar-refractivity contribution < 1.29 is 0 Å². The Kier molecular flexibility index (Phi) is 5.30. The fraction of sp³-hybridized carbons (Fsp3) is 0.571. The number of hydrogen-bond donors (Lipinski definition) is 2. The van der Waals surface area contributed by atoms with Gasteiger partial charge in [0.2, 0.25) is 0 Å². The molecule has 0 amide bonds. The molecule has 1 aliphatic rings. The molecule has 1 saturated heterocycles. The molecule has 0 spiro atoms. The molecule has 0 aromatic heterocycles. The normalized spacial score (nSPS) is 19.7. The van der Waals surface area contributed by atoms with Crippen LogP contribution in [0.25, 0.3) is 0 Å². The van der Waals surface area contributed by atoms with Crippen LogP contribution in [0.15, 0.2) is 24.3 Å². The van der Waals surface area contributed by atoms with Gasteiger partial charge < -0.3 is 10.6 Å². The number of nitrogens with one attached hydrogen (secondary N) is 2. The van der Waals surface area contributed by atoms with Crippen LogP contribution in [-0.4, -0.2) is 25.7 Å². The molecule has 17 heavy (non-hydrogen) atoms. The van der Waals surface area contributed by atoms with E-state index in [4.69, 9.17) is 11.6 Å². The van der Waals surface area contributed by atoms with E-state index in [1.165, 1.54) is 31.4 Å². The predicted octanol–water partition coefficient (Wildman–Crippen LogP) is 2.61. The van der Waals surface area contributed by atoms with Gasteiger partial charge in [-0.25, -0.2) is 0 Å². The van der Waals surface area contributed by atoms with Crippen molar-refractivity contribution in [2.45, 2.75) is 31.7 Å². The van der Waals surface area contributed by atoms with Crippen LogP contribution < -0.4 is 10.6 Å². The molecule has 1 aromatic rings. The molecule has 0 aliphatic carbocycles. The lowest BCUT2D eigenvalue weighted by Gasteiger charge is -2.10. The topological polar surface area (TPSA) is 24.1 Å². The van der Waals surface area contributed by atoms with E-state index in [0.717, 1.165) is 30.6 Å². The van der Waals surface area contributed by atoms with Crippen molar-refractivity contribution in [3.05, 3.63) is 34.9 Å². The summed E-state index contributed by atoms with van der Waals surface area (Å²) < 4.78 is 0. The molecule has 1 atom stereocenters. The molecule has 0 bridgehead atoms. The van der Waals surface area contributed by atoms with Gasteiger partial charge in [0, 0.05) is 11.1 Å². The van der Waals surface area contributed by atoms with Gasteiger partial charge in [0.1, 0.15) is 0 Å². The summed E-state index contributed by atoms with van der Waals surface area (Å²) in [6, 6.07) is 8.86. The first-order valence-electron chi connectivity index (χ1n) is 6.53. The molecule has 2 rings (SSSR count). The quantitative estimate of drug-likeness (QED) is 0.761. The SMILES string of the molecule is Clc1ccc(CCNCCC2CCCN2)cc1. The van der Waals surface area contributed by atoms with Crippen LogP contribution in [0.3, 0.4) is 0 Å². The largest absolute Gasteiger partial charge is 0.316 e. The molecule has 94 valence electrons. The summed E-state index contributed by atoms with van der Waals surface area (Å²) in [5.74, 6) is 0. The Morgan fingerprint density at radius 3 is 2.76 bits per heavy atom. The zero-order valence-electron chi connectivity index (χ0n) is 10.2. The van der Waals surface area contributed by atoms with Crippen molar-refractivity contribution in [1.29, 1.82) is 0 Å². The van der Waals surface area contributed by atoms with Gasteiger partial charge in [-0.15, -0.1) is 0 Å². The van der Waals surface area contributed by atoms with E-state index in [9.17, 15) is 0 Å². The smallest absolute Gasteiger partial charge is 0.0406 e. The minimum absolute atomic E-state index is 0.748. The summed E-state index contributed by atoms with van der Waals surface area (Å²) in [6.07, 6.45) is 5.02. The molecule has 0 radical (unpaired) electrons. The van der Waals surface area contributed by atoms with Crippen molar-refractivity contribution in [3.63, 3.8) is 0 Å². The molecule has 1 unspecified atom stereocenters. The van der Waals surface area contributed by atoms with E-state index in [2.05, 4.69) is 22.8 Å². The highest BCUT2D eigenvalue weighted by Gasteiger charge is 2.12. The van der Waals surface area contributed by atoms with Crippen LogP contribution in [0.2, 0.25) is 5.02 Å². The van der Waals surface area contributed by atoms with Crippen LogP contribution in [0.5, 0.6) is 0 Å². The maximum atomic E-state index is 5.85. The fourth-order valence-corrected chi connectivity index (χ4v) is 2.41. The molecular weight excluding hydrogens is 232 g/mol. The minimum Gasteiger partial charge on any atom is -0.316 e. The van der Waals surface area contributed by atoms with Crippen LogP contribution in [-0.2, 0) is 6.42 Å². The highest BCUT2D eigenvalue weighted by Crippen LogP contribution is 2.10. The highest BCUT2D eigenvalue weighted by molar-refractivity contribution is 6.30. The van der Waals surface area contributed by atoms with Gasteiger partial charge in [-0.3, -0.25) is 0 Å². The Morgan fingerprint density at radius 1 is 1.24 bits per heavy atom. The lowest BCUT2D eigenvalue weighted by molar-refractivity contribution is 0.525. The first-order valence-corrected chi connectivity index (χ1v) is 6.91. The van der Waals surface area contributed by atoms with Gasteiger partial charge in [0.15, 0.2) is 0 Å². The van der Waals surface area contributed by atoms with Gasteiger partial charge in [-0.1, -0.05) is 23.7 Å². The molecule has 3 heteroatoms. The van der Waals surface area contributed by atoms with Crippen molar-refractivity contribution in [2.24, 2.45) is 0 Å². The Balaban J connectivity index is 1.55. The summed E-state index contributed by atoms with van der Waals surface area (Å²) in [7, 11) is 0. The first-order chi connectivity index (χ1) is 8.34. The molecule has 2 nitrogen and oxygen atoms in total.